The van der Waals surface area contributed by atoms with Crippen LogP contribution in [0, 0.1) is 11.3 Å². The van der Waals surface area contributed by atoms with Crippen LogP contribution in [0.25, 0.3) is 0 Å². The summed E-state index contributed by atoms with van der Waals surface area (Å²) in [5, 5.41) is 11.5. The Morgan fingerprint density at radius 1 is 1.27 bits per heavy atom. The van der Waals surface area contributed by atoms with Crippen LogP contribution in [0.5, 0.6) is 0 Å². The molecule has 0 saturated carbocycles. The molecule has 1 amide bonds. The molecule has 3 atom stereocenters. The van der Waals surface area contributed by atoms with Crippen molar-refractivity contribution in [2.24, 2.45) is 11.3 Å². The second-order valence-corrected chi connectivity index (χ2v) is 10.6. The predicted octanol–water partition coefficient (Wildman–Crippen LogP) is 4.67. The van der Waals surface area contributed by atoms with Crippen LogP contribution in [0.3, 0.4) is 0 Å². The number of carboxylic acid groups (broad SMARTS) is 1. The third kappa shape index (κ3) is 10.7. The van der Waals surface area contributed by atoms with Gasteiger partial charge in [-0.1, -0.05) is 62.3 Å². The van der Waals surface area contributed by atoms with Crippen molar-refractivity contribution < 1.29 is 33.6 Å². The maximum absolute atomic E-state index is 12.2. The van der Waals surface area contributed by atoms with Crippen LogP contribution in [0.1, 0.15) is 67.2 Å². The van der Waals surface area contributed by atoms with Crippen molar-refractivity contribution in [2.45, 2.75) is 79.4 Å². The number of amides is 1. The monoisotopic (exact) mass is 483 g/mol. The summed E-state index contributed by atoms with van der Waals surface area (Å²) in [6.45, 7) is 11.7. The standard InChI is InChI=1S/C24H38NO7P/c1-16(12-13-20-18(3)11-8-14-24(20,5)6)9-7-10-17(2)15-21(26)25-22(23(27)28)19(4)32-33(29,30)31/h7,9-10,12-13,17,19,22H,8,11,14-15H2,1-6H3,(H,25,26)(H,27,28)(H2,29,30,31). The van der Waals surface area contributed by atoms with E-state index in [0.717, 1.165) is 12.0 Å². The third-order valence-corrected chi connectivity index (χ3v) is 6.32. The predicted molar refractivity (Wildman–Crippen MR) is 128 cm³/mol. The van der Waals surface area contributed by atoms with Crippen molar-refractivity contribution in [3.05, 3.63) is 47.1 Å². The first-order valence-electron chi connectivity index (χ1n) is 11.1. The lowest BCUT2D eigenvalue weighted by Gasteiger charge is -2.32. The van der Waals surface area contributed by atoms with Gasteiger partial charge in [-0.2, -0.15) is 0 Å². The first kappa shape index (κ1) is 29.0. The fourth-order valence-electron chi connectivity index (χ4n) is 3.93. The molecule has 0 aromatic heterocycles. The fraction of sp³-hybridized carbons (Fsp3) is 0.583. The molecule has 0 aromatic rings. The van der Waals surface area contributed by atoms with E-state index in [4.69, 9.17) is 9.79 Å². The second kappa shape index (κ2) is 12.5. The van der Waals surface area contributed by atoms with Gasteiger partial charge in [-0.25, -0.2) is 9.36 Å². The normalized spacial score (nSPS) is 20.2. The molecular weight excluding hydrogens is 445 g/mol. The number of carboxylic acids is 1. The summed E-state index contributed by atoms with van der Waals surface area (Å²) in [6.07, 6.45) is 12.1. The minimum atomic E-state index is -4.88. The van der Waals surface area contributed by atoms with E-state index in [9.17, 15) is 19.3 Å². The molecule has 0 bridgehead atoms. The Hall–Kier alpha value is -1.99. The molecule has 1 aliphatic rings. The maximum atomic E-state index is 12.2. The van der Waals surface area contributed by atoms with E-state index < -0.39 is 31.8 Å². The van der Waals surface area contributed by atoms with Gasteiger partial charge in [-0.15, -0.1) is 0 Å². The summed E-state index contributed by atoms with van der Waals surface area (Å²) >= 11 is 0. The molecule has 0 heterocycles. The number of allylic oxidation sites excluding steroid dienone is 8. The van der Waals surface area contributed by atoms with Gasteiger partial charge in [0.25, 0.3) is 0 Å². The number of phosphoric ester groups is 1. The highest BCUT2D eigenvalue weighted by Gasteiger charge is 2.32. The Balaban J connectivity index is 2.67. The Bertz CT molecular complexity index is 879. The highest BCUT2D eigenvalue weighted by molar-refractivity contribution is 7.46. The van der Waals surface area contributed by atoms with Crippen molar-refractivity contribution >= 4 is 19.7 Å². The average molecular weight is 484 g/mol. The minimum Gasteiger partial charge on any atom is -0.480 e. The average Bonchev–Trinajstić information content (AvgIpc) is 2.63. The molecule has 0 radical (unpaired) electrons. The molecule has 0 fully saturated rings. The van der Waals surface area contributed by atoms with Crippen molar-refractivity contribution in [3.8, 4) is 0 Å². The highest BCUT2D eigenvalue weighted by atomic mass is 31.2. The maximum Gasteiger partial charge on any atom is 0.469 e. The molecule has 1 rings (SSSR count). The Labute approximate surface area is 196 Å². The van der Waals surface area contributed by atoms with Gasteiger partial charge in [-0.05, 0) is 56.9 Å². The van der Waals surface area contributed by atoms with E-state index >= 15 is 0 Å². The first-order chi connectivity index (χ1) is 15.1. The Morgan fingerprint density at radius 3 is 2.45 bits per heavy atom. The molecule has 186 valence electrons. The zero-order valence-electron chi connectivity index (χ0n) is 20.4. The lowest BCUT2D eigenvalue weighted by atomic mass is 9.72. The number of aliphatic carboxylic acids is 1. The van der Waals surface area contributed by atoms with E-state index in [1.54, 1.807) is 0 Å². The van der Waals surface area contributed by atoms with Gasteiger partial charge in [0, 0.05) is 6.42 Å². The van der Waals surface area contributed by atoms with Crippen LogP contribution >= 0.6 is 7.82 Å². The largest absolute Gasteiger partial charge is 0.480 e. The third-order valence-electron chi connectivity index (χ3n) is 5.72. The quantitative estimate of drug-likeness (QED) is 0.248. The summed E-state index contributed by atoms with van der Waals surface area (Å²) in [7, 11) is -4.88. The number of nitrogens with one attached hydrogen (secondary N) is 1. The molecule has 0 aromatic carbocycles. The van der Waals surface area contributed by atoms with Gasteiger partial charge in [0.2, 0.25) is 5.91 Å². The van der Waals surface area contributed by atoms with E-state index in [-0.39, 0.29) is 17.8 Å². The van der Waals surface area contributed by atoms with Gasteiger partial charge in [0.15, 0.2) is 6.04 Å². The molecule has 1 aliphatic carbocycles. The zero-order valence-corrected chi connectivity index (χ0v) is 21.3. The number of phosphoric acid groups is 1. The van der Waals surface area contributed by atoms with Gasteiger partial charge in [0.1, 0.15) is 0 Å². The van der Waals surface area contributed by atoms with Crippen LogP contribution in [-0.2, 0) is 18.7 Å². The van der Waals surface area contributed by atoms with E-state index in [1.165, 1.54) is 30.9 Å². The van der Waals surface area contributed by atoms with Crippen molar-refractivity contribution in [2.75, 3.05) is 0 Å². The number of carbonyl (C=O) groups excluding carboxylic acids is 1. The summed E-state index contributed by atoms with van der Waals surface area (Å²) in [5.41, 5.74) is 4.07. The number of rotatable bonds is 11. The SMILES string of the molecule is CC(C=CC1=C(C)CCCC1(C)C)=CC=CC(C)CC(=O)NC(C(=O)O)C(C)OP(=O)(O)O. The lowest BCUT2D eigenvalue weighted by molar-refractivity contribution is -0.144. The summed E-state index contributed by atoms with van der Waals surface area (Å²) in [5.74, 6) is -2.17. The summed E-state index contributed by atoms with van der Waals surface area (Å²) in [4.78, 5) is 41.3. The molecule has 0 saturated heterocycles. The minimum absolute atomic E-state index is 0.0197. The highest BCUT2D eigenvalue weighted by Crippen LogP contribution is 2.41. The van der Waals surface area contributed by atoms with E-state index in [0.29, 0.717) is 0 Å². The molecule has 8 nitrogen and oxygen atoms in total. The molecule has 0 aliphatic heterocycles. The number of hydrogen-bond donors (Lipinski definition) is 4. The molecule has 9 heteroatoms. The van der Waals surface area contributed by atoms with Gasteiger partial charge in [-0.3, -0.25) is 9.32 Å². The van der Waals surface area contributed by atoms with Crippen LogP contribution in [0.4, 0.5) is 0 Å². The molecule has 4 N–H and O–H groups in total. The van der Waals surface area contributed by atoms with E-state index in [1.807, 2.05) is 32.1 Å². The van der Waals surface area contributed by atoms with E-state index in [2.05, 4.69) is 42.8 Å². The second-order valence-electron chi connectivity index (χ2n) is 9.43. The van der Waals surface area contributed by atoms with Crippen molar-refractivity contribution in [3.63, 3.8) is 0 Å². The van der Waals surface area contributed by atoms with Crippen molar-refractivity contribution in [1.82, 2.24) is 5.32 Å². The summed E-state index contributed by atoms with van der Waals surface area (Å²) in [6, 6.07) is -1.57. The van der Waals surface area contributed by atoms with Gasteiger partial charge < -0.3 is 20.2 Å². The molecule has 0 spiro atoms. The smallest absolute Gasteiger partial charge is 0.469 e. The molecular formula is C24H38NO7P. The number of carbonyl (C=O) groups is 2. The first-order valence-corrected chi connectivity index (χ1v) is 12.6. The van der Waals surface area contributed by atoms with Crippen molar-refractivity contribution in [1.29, 1.82) is 0 Å². The van der Waals surface area contributed by atoms with Gasteiger partial charge in [0.05, 0.1) is 6.10 Å². The number of hydrogen-bond acceptors (Lipinski definition) is 4. The van der Waals surface area contributed by atoms with Crippen LogP contribution in [-0.4, -0.2) is 38.9 Å². The molecule has 3 unspecified atom stereocenters. The van der Waals surface area contributed by atoms with Crippen LogP contribution in [0.15, 0.2) is 47.1 Å². The van der Waals surface area contributed by atoms with Crippen LogP contribution < -0.4 is 5.32 Å². The van der Waals surface area contributed by atoms with Crippen LogP contribution in [0.2, 0.25) is 0 Å². The summed E-state index contributed by atoms with van der Waals surface area (Å²) < 4.78 is 15.3. The topological polar surface area (TPSA) is 133 Å². The molecule has 33 heavy (non-hydrogen) atoms. The zero-order chi connectivity index (χ0) is 25.4. The Kier molecular flexibility index (Phi) is 11.0. The fourth-order valence-corrected chi connectivity index (χ4v) is 4.48. The lowest BCUT2D eigenvalue weighted by Crippen LogP contribution is -2.48. The van der Waals surface area contributed by atoms with Gasteiger partial charge >= 0.3 is 13.8 Å². The Morgan fingerprint density at radius 2 is 1.91 bits per heavy atom.